The standard InChI is InChI=1S/C30H46N4O7/c35-13-9-31-21-5-7-23(25(19-21)33-11-15-37)29(27-3-1-17-39-27)41-30(28-4-2-18-40-28)24-8-6-22(32-10-14-36)20-26(24)34-12-16-38/h5-8,19-20,27-38H,1-4,9-18H2. The van der Waals surface area contributed by atoms with E-state index in [-0.39, 0.29) is 38.6 Å². The van der Waals surface area contributed by atoms with Crippen LogP contribution >= 0.6 is 0 Å². The van der Waals surface area contributed by atoms with Crippen LogP contribution in [0.25, 0.3) is 0 Å². The summed E-state index contributed by atoms with van der Waals surface area (Å²) in [7, 11) is 0. The first-order valence-corrected chi connectivity index (χ1v) is 14.7. The van der Waals surface area contributed by atoms with Gasteiger partial charge in [0.1, 0.15) is 12.2 Å². The molecular weight excluding hydrogens is 528 g/mol. The number of rotatable bonds is 18. The number of hydrogen-bond acceptors (Lipinski definition) is 11. The number of aliphatic hydroxyl groups is 4. The van der Waals surface area contributed by atoms with Gasteiger partial charge in [-0.1, -0.05) is 12.1 Å². The van der Waals surface area contributed by atoms with E-state index in [0.29, 0.717) is 39.4 Å². The minimum Gasteiger partial charge on any atom is -0.395 e. The van der Waals surface area contributed by atoms with Crippen molar-refractivity contribution in [2.24, 2.45) is 0 Å². The van der Waals surface area contributed by atoms with Crippen LogP contribution in [0.4, 0.5) is 22.7 Å². The summed E-state index contributed by atoms with van der Waals surface area (Å²) in [6.45, 7) is 2.94. The molecule has 0 amide bonds. The van der Waals surface area contributed by atoms with Crippen molar-refractivity contribution >= 4 is 22.7 Å². The lowest BCUT2D eigenvalue weighted by Crippen LogP contribution is -2.29. The van der Waals surface area contributed by atoms with Crippen LogP contribution in [0.15, 0.2) is 36.4 Å². The van der Waals surface area contributed by atoms with Gasteiger partial charge in [0, 0.05) is 73.3 Å². The molecule has 2 aromatic carbocycles. The highest BCUT2D eigenvalue weighted by molar-refractivity contribution is 5.64. The van der Waals surface area contributed by atoms with Gasteiger partial charge in [0.25, 0.3) is 0 Å². The summed E-state index contributed by atoms with van der Waals surface area (Å²) in [6, 6.07) is 11.9. The smallest absolute Gasteiger partial charge is 0.112 e. The Bertz CT molecular complexity index is 966. The molecule has 228 valence electrons. The van der Waals surface area contributed by atoms with Gasteiger partial charge in [0.2, 0.25) is 0 Å². The zero-order chi connectivity index (χ0) is 28.9. The van der Waals surface area contributed by atoms with Gasteiger partial charge in [-0.05, 0) is 49.9 Å². The molecule has 41 heavy (non-hydrogen) atoms. The number of nitrogens with one attached hydrogen (secondary N) is 4. The SMILES string of the molecule is OCCNc1ccc(C(OC(c2ccc(NCCO)cc2NCCO)C2CCCO2)C2CCCO2)c(NCCO)c1. The molecule has 2 heterocycles. The number of benzene rings is 2. The molecule has 4 unspecified atom stereocenters. The van der Waals surface area contributed by atoms with Crippen molar-refractivity contribution in [1.29, 1.82) is 0 Å². The predicted octanol–water partition coefficient (Wildman–Crippen LogP) is 2.46. The second kappa shape index (κ2) is 16.7. The second-order valence-electron chi connectivity index (χ2n) is 10.3. The van der Waals surface area contributed by atoms with Crippen LogP contribution in [0.1, 0.15) is 49.0 Å². The molecule has 2 saturated heterocycles. The van der Waals surface area contributed by atoms with E-state index in [2.05, 4.69) is 21.3 Å². The Morgan fingerprint density at radius 1 is 0.634 bits per heavy atom. The molecule has 8 N–H and O–H groups in total. The molecule has 2 aliphatic heterocycles. The molecule has 11 nitrogen and oxygen atoms in total. The minimum atomic E-state index is -0.419. The normalized spacial score (nSPS) is 20.1. The van der Waals surface area contributed by atoms with E-state index in [1.54, 1.807) is 0 Å². The van der Waals surface area contributed by atoms with Crippen LogP contribution < -0.4 is 21.3 Å². The molecule has 11 heteroatoms. The first-order chi connectivity index (χ1) is 20.2. The van der Waals surface area contributed by atoms with E-state index in [0.717, 1.165) is 59.6 Å². The zero-order valence-electron chi connectivity index (χ0n) is 23.7. The monoisotopic (exact) mass is 574 g/mol. The quantitative estimate of drug-likeness (QED) is 0.132. The third-order valence-electron chi connectivity index (χ3n) is 7.35. The third kappa shape index (κ3) is 8.68. The van der Waals surface area contributed by atoms with E-state index in [1.165, 1.54) is 0 Å². The Balaban J connectivity index is 1.73. The maximum Gasteiger partial charge on any atom is 0.112 e. The van der Waals surface area contributed by atoms with Gasteiger partial charge >= 0.3 is 0 Å². The molecule has 2 fully saturated rings. The Kier molecular flexibility index (Phi) is 12.8. The molecule has 0 aliphatic carbocycles. The maximum atomic E-state index is 9.57. The van der Waals surface area contributed by atoms with Gasteiger partial charge in [0.15, 0.2) is 0 Å². The molecule has 2 aliphatic rings. The molecule has 4 atom stereocenters. The Morgan fingerprint density at radius 3 is 1.41 bits per heavy atom. The maximum absolute atomic E-state index is 9.57. The van der Waals surface area contributed by atoms with Crippen LogP contribution in [0.5, 0.6) is 0 Å². The molecule has 0 saturated carbocycles. The van der Waals surface area contributed by atoms with Crippen molar-refractivity contribution in [3.63, 3.8) is 0 Å². The lowest BCUT2D eigenvalue weighted by molar-refractivity contribution is -0.128. The first kappa shape index (κ1) is 31.3. The lowest BCUT2D eigenvalue weighted by Gasteiger charge is -2.34. The average Bonchev–Trinajstić information content (AvgIpc) is 3.73. The molecule has 2 aromatic rings. The van der Waals surface area contributed by atoms with Crippen LogP contribution in [0.2, 0.25) is 0 Å². The van der Waals surface area contributed by atoms with E-state index >= 15 is 0 Å². The van der Waals surface area contributed by atoms with Gasteiger partial charge in [0.05, 0.1) is 38.6 Å². The van der Waals surface area contributed by atoms with Crippen molar-refractivity contribution in [2.45, 2.75) is 50.1 Å². The van der Waals surface area contributed by atoms with Crippen molar-refractivity contribution in [3.8, 4) is 0 Å². The Labute approximate surface area is 242 Å². The largest absolute Gasteiger partial charge is 0.395 e. The van der Waals surface area contributed by atoms with Crippen molar-refractivity contribution in [2.75, 3.05) is 87.1 Å². The second-order valence-corrected chi connectivity index (χ2v) is 10.3. The summed E-state index contributed by atoms with van der Waals surface area (Å²) in [5.74, 6) is 0. The van der Waals surface area contributed by atoms with E-state index < -0.39 is 12.2 Å². The molecule has 0 aromatic heterocycles. The Hall–Kier alpha value is -2.64. The summed E-state index contributed by atoms with van der Waals surface area (Å²) in [6.07, 6.45) is 2.43. The van der Waals surface area contributed by atoms with Crippen LogP contribution in [0.3, 0.4) is 0 Å². The number of aliphatic hydroxyl groups excluding tert-OH is 4. The fourth-order valence-corrected chi connectivity index (χ4v) is 5.48. The molecule has 0 spiro atoms. The van der Waals surface area contributed by atoms with E-state index in [1.807, 2.05) is 36.4 Å². The fourth-order valence-electron chi connectivity index (χ4n) is 5.48. The minimum absolute atomic E-state index is 0.0196. The highest BCUT2D eigenvalue weighted by Crippen LogP contribution is 2.43. The topological polar surface area (TPSA) is 157 Å². The lowest BCUT2D eigenvalue weighted by atomic mass is 9.96. The molecular formula is C30H46N4O7. The summed E-state index contributed by atoms with van der Waals surface area (Å²) in [5, 5.41) is 50.8. The van der Waals surface area contributed by atoms with E-state index in [9.17, 15) is 20.4 Å². The van der Waals surface area contributed by atoms with Crippen molar-refractivity contribution < 1.29 is 34.6 Å². The van der Waals surface area contributed by atoms with Gasteiger partial charge < -0.3 is 55.9 Å². The Morgan fingerprint density at radius 2 is 1.05 bits per heavy atom. The number of anilines is 4. The van der Waals surface area contributed by atoms with Crippen LogP contribution in [-0.4, -0.2) is 98.5 Å². The third-order valence-corrected chi connectivity index (χ3v) is 7.35. The van der Waals surface area contributed by atoms with Gasteiger partial charge in [-0.25, -0.2) is 0 Å². The molecule has 0 radical (unpaired) electrons. The molecule has 4 rings (SSSR count). The zero-order valence-corrected chi connectivity index (χ0v) is 23.7. The fraction of sp³-hybridized carbons (Fsp3) is 0.600. The van der Waals surface area contributed by atoms with Crippen LogP contribution in [0, 0.1) is 0 Å². The number of ether oxygens (including phenoxy) is 3. The predicted molar refractivity (Wildman–Crippen MR) is 160 cm³/mol. The summed E-state index contributed by atoms with van der Waals surface area (Å²) < 4.78 is 19.5. The average molecular weight is 575 g/mol. The summed E-state index contributed by atoms with van der Waals surface area (Å²) in [5.41, 5.74) is 5.22. The number of hydrogen-bond donors (Lipinski definition) is 8. The van der Waals surface area contributed by atoms with Gasteiger partial charge in [-0.2, -0.15) is 0 Å². The van der Waals surface area contributed by atoms with Crippen LogP contribution in [-0.2, 0) is 14.2 Å². The summed E-state index contributed by atoms with van der Waals surface area (Å²) >= 11 is 0. The van der Waals surface area contributed by atoms with Crippen molar-refractivity contribution in [3.05, 3.63) is 47.5 Å². The van der Waals surface area contributed by atoms with Gasteiger partial charge in [-0.15, -0.1) is 0 Å². The first-order valence-electron chi connectivity index (χ1n) is 14.7. The van der Waals surface area contributed by atoms with Gasteiger partial charge in [-0.3, -0.25) is 0 Å². The molecule has 0 bridgehead atoms. The van der Waals surface area contributed by atoms with E-state index in [4.69, 9.17) is 14.2 Å². The summed E-state index contributed by atoms with van der Waals surface area (Å²) in [4.78, 5) is 0. The van der Waals surface area contributed by atoms with Crippen molar-refractivity contribution in [1.82, 2.24) is 0 Å². The highest BCUT2D eigenvalue weighted by atomic mass is 16.6. The highest BCUT2D eigenvalue weighted by Gasteiger charge is 2.37.